The van der Waals surface area contributed by atoms with Crippen LogP contribution in [0, 0.1) is 0 Å². The second-order valence-corrected chi connectivity index (χ2v) is 4.64. The summed E-state index contributed by atoms with van der Waals surface area (Å²) in [6.07, 6.45) is 3.75. The highest BCUT2D eigenvalue weighted by atomic mass is 16.3. The first-order valence-corrected chi connectivity index (χ1v) is 6.00. The number of benzene rings is 1. The van der Waals surface area contributed by atoms with Gasteiger partial charge in [-0.3, -0.25) is 9.48 Å². The van der Waals surface area contributed by atoms with Crippen molar-refractivity contribution < 1.29 is 9.90 Å². The van der Waals surface area contributed by atoms with Gasteiger partial charge in [0.25, 0.3) is 0 Å². The highest BCUT2D eigenvalue weighted by Crippen LogP contribution is 2.25. The van der Waals surface area contributed by atoms with Crippen molar-refractivity contribution in [1.29, 1.82) is 0 Å². The molecule has 1 aromatic heterocycles. The number of aromatic nitrogens is 2. The van der Waals surface area contributed by atoms with Crippen molar-refractivity contribution in [3.05, 3.63) is 41.7 Å². The molecule has 2 rings (SSSR count). The van der Waals surface area contributed by atoms with Crippen LogP contribution in [0.4, 0.5) is 5.69 Å². The third-order valence-electron chi connectivity index (χ3n) is 2.98. The Kier molecular flexibility index (Phi) is 3.55. The summed E-state index contributed by atoms with van der Waals surface area (Å²) in [7, 11) is 3.80. The van der Waals surface area contributed by atoms with Crippen molar-refractivity contribution in [2.24, 2.45) is 7.05 Å². The summed E-state index contributed by atoms with van der Waals surface area (Å²) in [5.74, 6) is -0.123. The van der Waals surface area contributed by atoms with Gasteiger partial charge >= 0.3 is 0 Å². The van der Waals surface area contributed by atoms with Gasteiger partial charge < -0.3 is 10.0 Å². The van der Waals surface area contributed by atoms with Crippen LogP contribution in [0.2, 0.25) is 0 Å². The summed E-state index contributed by atoms with van der Waals surface area (Å²) >= 11 is 0. The van der Waals surface area contributed by atoms with Crippen LogP contribution in [0.1, 0.15) is 22.8 Å². The van der Waals surface area contributed by atoms with Crippen molar-refractivity contribution in [3.8, 4) is 5.75 Å². The zero-order chi connectivity index (χ0) is 14.0. The molecule has 0 aliphatic heterocycles. The van der Waals surface area contributed by atoms with Crippen LogP contribution in [0.25, 0.3) is 0 Å². The average molecular weight is 259 g/mol. The van der Waals surface area contributed by atoms with E-state index in [1.807, 2.05) is 31.3 Å². The molecule has 0 aliphatic carbocycles. The van der Waals surface area contributed by atoms with Gasteiger partial charge in [-0.15, -0.1) is 0 Å². The van der Waals surface area contributed by atoms with Gasteiger partial charge in [-0.05, 0) is 19.1 Å². The van der Waals surface area contributed by atoms with Gasteiger partial charge in [0.15, 0.2) is 5.78 Å². The lowest BCUT2D eigenvalue weighted by molar-refractivity contribution is 0.101. The van der Waals surface area contributed by atoms with E-state index in [0.29, 0.717) is 12.1 Å². The molecular weight excluding hydrogens is 242 g/mol. The highest BCUT2D eigenvalue weighted by Gasteiger charge is 2.10. The van der Waals surface area contributed by atoms with E-state index in [4.69, 9.17) is 0 Å². The second-order valence-electron chi connectivity index (χ2n) is 4.64. The molecule has 0 amide bonds. The number of aryl methyl sites for hydroxylation is 1. The highest BCUT2D eigenvalue weighted by molar-refractivity contribution is 5.97. The van der Waals surface area contributed by atoms with E-state index in [1.54, 1.807) is 23.0 Å². The molecule has 5 heteroatoms. The number of hydrogen-bond acceptors (Lipinski definition) is 4. The molecule has 5 nitrogen and oxygen atoms in total. The third kappa shape index (κ3) is 2.93. The van der Waals surface area contributed by atoms with Gasteiger partial charge in [-0.2, -0.15) is 5.10 Å². The first-order chi connectivity index (χ1) is 8.97. The number of carbonyl (C=O) groups excluding carboxylic acids is 1. The molecule has 0 saturated heterocycles. The van der Waals surface area contributed by atoms with Crippen LogP contribution in [-0.2, 0) is 13.6 Å². The molecule has 0 aliphatic rings. The molecular formula is C14H17N3O2. The molecule has 0 fully saturated rings. The van der Waals surface area contributed by atoms with Crippen molar-refractivity contribution in [2.45, 2.75) is 13.5 Å². The summed E-state index contributed by atoms with van der Waals surface area (Å²) in [5.41, 5.74) is 2.28. The van der Waals surface area contributed by atoms with Crippen molar-refractivity contribution in [3.63, 3.8) is 0 Å². The van der Waals surface area contributed by atoms with E-state index >= 15 is 0 Å². The molecule has 1 aromatic carbocycles. The number of Topliss-reactive ketones (excluding diaryl/α,β-unsaturated/α-hetero) is 1. The van der Waals surface area contributed by atoms with Crippen LogP contribution < -0.4 is 4.90 Å². The fourth-order valence-electron chi connectivity index (χ4n) is 1.97. The normalized spacial score (nSPS) is 10.5. The maximum absolute atomic E-state index is 11.3. The van der Waals surface area contributed by atoms with Gasteiger partial charge in [-0.1, -0.05) is 0 Å². The average Bonchev–Trinajstić information content (AvgIpc) is 2.74. The Balaban J connectivity index is 2.17. The van der Waals surface area contributed by atoms with Crippen LogP contribution in [-0.4, -0.2) is 27.7 Å². The lowest BCUT2D eigenvalue weighted by Crippen LogP contribution is -2.16. The second kappa shape index (κ2) is 5.14. The minimum atomic E-state index is -0.140. The number of nitrogens with zero attached hydrogens (tertiary/aromatic N) is 3. The van der Waals surface area contributed by atoms with Gasteiger partial charge in [-0.25, -0.2) is 0 Å². The fraction of sp³-hybridized carbons (Fsp3) is 0.286. The number of ketones is 1. The fourth-order valence-corrected chi connectivity index (χ4v) is 1.97. The number of hydrogen-bond donors (Lipinski definition) is 1. The molecule has 0 spiro atoms. The van der Waals surface area contributed by atoms with Crippen molar-refractivity contribution in [2.75, 3.05) is 11.9 Å². The number of anilines is 1. The molecule has 0 saturated carbocycles. The number of aromatic hydroxyl groups is 1. The molecule has 100 valence electrons. The van der Waals surface area contributed by atoms with E-state index < -0.39 is 0 Å². The largest absolute Gasteiger partial charge is 0.507 e. The molecule has 0 unspecified atom stereocenters. The van der Waals surface area contributed by atoms with Gasteiger partial charge in [0, 0.05) is 44.2 Å². The molecule has 1 heterocycles. The van der Waals surface area contributed by atoms with Crippen LogP contribution in [0.15, 0.2) is 30.6 Å². The standard InChI is InChI=1S/C14H17N3O2/c1-10(18)13-5-4-12(6-14(13)19)16(2)8-11-7-15-17(3)9-11/h4-7,9,19H,8H2,1-3H3. The Hall–Kier alpha value is -2.30. The summed E-state index contributed by atoms with van der Waals surface area (Å²) < 4.78 is 1.75. The van der Waals surface area contributed by atoms with Gasteiger partial charge in [0.05, 0.1) is 11.8 Å². The van der Waals surface area contributed by atoms with Crippen molar-refractivity contribution in [1.82, 2.24) is 9.78 Å². The zero-order valence-corrected chi connectivity index (χ0v) is 11.3. The first-order valence-electron chi connectivity index (χ1n) is 6.00. The number of carbonyl (C=O) groups is 1. The van der Waals surface area contributed by atoms with Crippen LogP contribution >= 0.6 is 0 Å². The topological polar surface area (TPSA) is 58.4 Å². The maximum Gasteiger partial charge on any atom is 0.163 e. The molecule has 0 bridgehead atoms. The smallest absolute Gasteiger partial charge is 0.163 e. The Morgan fingerprint density at radius 2 is 2.21 bits per heavy atom. The molecule has 19 heavy (non-hydrogen) atoms. The maximum atomic E-state index is 11.3. The molecule has 0 atom stereocenters. The van der Waals surface area contributed by atoms with E-state index in [2.05, 4.69) is 5.10 Å². The summed E-state index contributed by atoms with van der Waals surface area (Å²) in [6, 6.07) is 5.08. The predicted molar refractivity (Wildman–Crippen MR) is 73.4 cm³/mol. The van der Waals surface area contributed by atoms with Gasteiger partial charge in [0.2, 0.25) is 0 Å². The van der Waals surface area contributed by atoms with E-state index in [9.17, 15) is 9.90 Å². The Morgan fingerprint density at radius 3 is 2.74 bits per heavy atom. The summed E-state index contributed by atoms with van der Waals surface area (Å²) in [5, 5.41) is 13.9. The number of phenolic OH excluding ortho intramolecular Hbond substituents is 1. The molecule has 0 radical (unpaired) electrons. The van der Waals surface area contributed by atoms with Gasteiger partial charge in [0.1, 0.15) is 5.75 Å². The monoisotopic (exact) mass is 259 g/mol. The Labute approximate surface area is 112 Å². The molecule has 1 N–H and O–H groups in total. The Bertz CT molecular complexity index is 604. The zero-order valence-electron chi connectivity index (χ0n) is 11.3. The predicted octanol–water partition coefficient (Wildman–Crippen LogP) is 1.96. The SMILES string of the molecule is CC(=O)c1ccc(N(C)Cc2cnn(C)c2)cc1O. The Morgan fingerprint density at radius 1 is 1.47 bits per heavy atom. The lowest BCUT2D eigenvalue weighted by Gasteiger charge is -2.19. The van der Waals surface area contributed by atoms with E-state index in [-0.39, 0.29) is 11.5 Å². The van der Waals surface area contributed by atoms with Crippen LogP contribution in [0.3, 0.4) is 0 Å². The first kappa shape index (κ1) is 13.1. The van der Waals surface area contributed by atoms with E-state index in [1.165, 1.54) is 6.92 Å². The van der Waals surface area contributed by atoms with Crippen LogP contribution in [0.5, 0.6) is 5.75 Å². The van der Waals surface area contributed by atoms with Crippen molar-refractivity contribution >= 4 is 11.5 Å². The third-order valence-corrected chi connectivity index (χ3v) is 2.98. The number of phenols is 1. The quantitative estimate of drug-likeness (QED) is 0.853. The summed E-state index contributed by atoms with van der Waals surface area (Å²) in [6.45, 7) is 2.13. The summed E-state index contributed by atoms with van der Waals surface area (Å²) in [4.78, 5) is 13.2. The van der Waals surface area contributed by atoms with E-state index in [0.717, 1.165) is 11.3 Å². The number of rotatable bonds is 4. The minimum absolute atomic E-state index is 0.0167. The lowest BCUT2D eigenvalue weighted by atomic mass is 10.1. The molecule has 2 aromatic rings. The minimum Gasteiger partial charge on any atom is -0.507 e.